The quantitative estimate of drug-likeness (QED) is 0.618. The summed E-state index contributed by atoms with van der Waals surface area (Å²) in [4.78, 5) is 9.31. The summed E-state index contributed by atoms with van der Waals surface area (Å²) >= 11 is 0. The summed E-state index contributed by atoms with van der Waals surface area (Å²) in [6, 6.07) is 8.56. The van der Waals surface area contributed by atoms with Gasteiger partial charge in [0, 0.05) is 37.1 Å². The topological polar surface area (TPSA) is 44.2 Å². The van der Waals surface area contributed by atoms with Gasteiger partial charge in [0.2, 0.25) is 0 Å². The number of rotatable bonds is 9. The lowest BCUT2D eigenvalue weighted by Crippen LogP contribution is -2.39. The van der Waals surface area contributed by atoms with E-state index in [0.717, 1.165) is 24.6 Å². The van der Waals surface area contributed by atoms with Crippen LogP contribution in [-0.2, 0) is 9.47 Å². The first-order valence-electron chi connectivity index (χ1n) is 9.63. The summed E-state index contributed by atoms with van der Waals surface area (Å²) < 4.78 is 11.5. The van der Waals surface area contributed by atoms with Crippen LogP contribution in [0.2, 0.25) is 13.1 Å². The molecular weight excluding hydrogens is 356 g/mol. The maximum atomic E-state index is 5.76. The van der Waals surface area contributed by atoms with Crippen molar-refractivity contribution in [1.82, 2.24) is 9.97 Å². The van der Waals surface area contributed by atoms with Crippen molar-refractivity contribution in [3.63, 3.8) is 0 Å². The van der Waals surface area contributed by atoms with Crippen LogP contribution >= 0.6 is 0 Å². The highest BCUT2D eigenvalue weighted by molar-refractivity contribution is 6.73. The van der Waals surface area contributed by atoms with Gasteiger partial charge in [0.1, 0.15) is 17.6 Å². The van der Waals surface area contributed by atoms with Crippen LogP contribution in [0.5, 0.6) is 0 Å². The van der Waals surface area contributed by atoms with Crippen LogP contribution < -0.4 is 10.4 Å². The lowest BCUT2D eigenvalue weighted by molar-refractivity contribution is 0.127. The van der Waals surface area contributed by atoms with E-state index < -0.39 is 17.6 Å². The van der Waals surface area contributed by atoms with E-state index in [2.05, 4.69) is 61.2 Å². The van der Waals surface area contributed by atoms with Gasteiger partial charge in [-0.25, -0.2) is 0 Å². The number of nitrogens with zero attached hydrogens (tertiary/aromatic N) is 2. The van der Waals surface area contributed by atoms with E-state index in [-0.39, 0.29) is 0 Å². The molecule has 2 aromatic heterocycles. The molecular formula is C20H32N2O2Si2. The fraction of sp³-hybridized carbons (Fsp3) is 0.500. The number of pyridine rings is 2. The molecule has 4 nitrogen and oxygen atoms in total. The molecule has 0 bridgehead atoms. The van der Waals surface area contributed by atoms with E-state index in [0.29, 0.717) is 11.5 Å². The van der Waals surface area contributed by atoms with Crippen molar-refractivity contribution < 1.29 is 9.47 Å². The van der Waals surface area contributed by atoms with E-state index in [1.807, 2.05) is 26.2 Å². The molecule has 0 aromatic carbocycles. The molecule has 0 aliphatic heterocycles. The van der Waals surface area contributed by atoms with Crippen LogP contribution in [-0.4, -0.2) is 52.2 Å². The summed E-state index contributed by atoms with van der Waals surface area (Å²) in [5, 5.41) is 2.66. The van der Waals surface area contributed by atoms with Gasteiger partial charge in [0.15, 0.2) is 0 Å². The standard InChI is InChI=1S/C20H32N2O2Si2/c1-7-23-15(3)25(5)17-9-11-19(21-13-17)20-12-10-18(14-22-20)26(6)16(4)24-8-2/h9-16,25-26H,7-8H2,1-6H3. The van der Waals surface area contributed by atoms with Gasteiger partial charge in [-0.2, -0.15) is 0 Å². The highest BCUT2D eigenvalue weighted by Crippen LogP contribution is 2.12. The Labute approximate surface area is 161 Å². The van der Waals surface area contributed by atoms with Crippen LogP contribution in [0.3, 0.4) is 0 Å². The predicted octanol–water partition coefficient (Wildman–Crippen LogP) is 2.20. The summed E-state index contributed by atoms with van der Waals surface area (Å²) in [6.45, 7) is 14.6. The van der Waals surface area contributed by atoms with Gasteiger partial charge in [0.05, 0.1) is 11.4 Å². The molecule has 2 rings (SSSR count). The zero-order chi connectivity index (χ0) is 19.1. The molecule has 0 fully saturated rings. The third-order valence-electron chi connectivity index (χ3n) is 5.15. The summed E-state index contributed by atoms with van der Waals surface area (Å²) in [6.07, 6.45) is 4.01. The van der Waals surface area contributed by atoms with E-state index in [1.165, 1.54) is 10.4 Å². The molecule has 0 saturated carbocycles. The van der Waals surface area contributed by atoms with Gasteiger partial charge in [-0.05, 0) is 50.2 Å². The van der Waals surface area contributed by atoms with Crippen molar-refractivity contribution in [2.75, 3.05) is 13.2 Å². The van der Waals surface area contributed by atoms with Gasteiger partial charge in [0.25, 0.3) is 0 Å². The first-order valence-corrected chi connectivity index (χ1v) is 14.4. The number of hydrogen-bond donors (Lipinski definition) is 0. The molecule has 142 valence electrons. The molecule has 0 aliphatic carbocycles. The number of aromatic nitrogens is 2. The van der Waals surface area contributed by atoms with Crippen molar-refractivity contribution in [1.29, 1.82) is 0 Å². The number of ether oxygens (including phenoxy) is 2. The highest BCUT2D eigenvalue weighted by Gasteiger charge is 2.18. The van der Waals surface area contributed by atoms with Crippen molar-refractivity contribution in [2.24, 2.45) is 0 Å². The molecule has 0 N–H and O–H groups in total. The second kappa shape index (κ2) is 10.1. The molecule has 0 saturated heterocycles. The largest absolute Gasteiger partial charge is 0.382 e. The van der Waals surface area contributed by atoms with Gasteiger partial charge < -0.3 is 9.47 Å². The maximum Gasteiger partial charge on any atom is 0.103 e. The summed E-state index contributed by atoms with van der Waals surface area (Å²) in [7, 11) is -2.28. The van der Waals surface area contributed by atoms with Gasteiger partial charge in [-0.1, -0.05) is 25.2 Å². The summed E-state index contributed by atoms with van der Waals surface area (Å²) in [5.41, 5.74) is 2.50. The lowest BCUT2D eigenvalue weighted by atomic mass is 10.2. The van der Waals surface area contributed by atoms with Gasteiger partial charge in [-0.3, -0.25) is 9.97 Å². The molecule has 26 heavy (non-hydrogen) atoms. The van der Waals surface area contributed by atoms with E-state index >= 15 is 0 Å². The van der Waals surface area contributed by atoms with Crippen LogP contribution in [0.1, 0.15) is 27.7 Å². The fourth-order valence-corrected chi connectivity index (χ4v) is 6.47. The molecule has 0 radical (unpaired) electrons. The first-order chi connectivity index (χ1) is 12.5. The predicted molar refractivity (Wildman–Crippen MR) is 115 cm³/mol. The minimum absolute atomic E-state index is 0.323. The Bertz CT molecular complexity index is 605. The van der Waals surface area contributed by atoms with Crippen molar-refractivity contribution in [3.8, 4) is 11.4 Å². The minimum Gasteiger partial charge on any atom is -0.382 e. The lowest BCUT2D eigenvalue weighted by Gasteiger charge is -2.19. The Morgan fingerprint density at radius 1 is 0.769 bits per heavy atom. The van der Waals surface area contributed by atoms with E-state index in [9.17, 15) is 0 Å². The second-order valence-electron chi connectivity index (χ2n) is 6.85. The molecule has 6 heteroatoms. The SMILES string of the molecule is CCOC(C)[SiH](C)c1ccc(-c2ccc([SiH](C)C(C)OCC)cn2)nc1. The molecule has 0 spiro atoms. The van der Waals surface area contributed by atoms with Gasteiger partial charge >= 0.3 is 0 Å². The Morgan fingerprint density at radius 2 is 1.15 bits per heavy atom. The third-order valence-corrected chi connectivity index (χ3v) is 11.1. The molecule has 2 aromatic rings. The van der Waals surface area contributed by atoms with Crippen LogP contribution in [0.25, 0.3) is 11.4 Å². The summed E-state index contributed by atoms with van der Waals surface area (Å²) in [5.74, 6) is 0. The monoisotopic (exact) mass is 388 g/mol. The van der Waals surface area contributed by atoms with Crippen molar-refractivity contribution >= 4 is 28.0 Å². The number of hydrogen-bond acceptors (Lipinski definition) is 4. The Kier molecular flexibility index (Phi) is 8.15. The molecule has 4 atom stereocenters. The third kappa shape index (κ3) is 5.33. The molecule has 0 amide bonds. The minimum atomic E-state index is -1.14. The fourth-order valence-electron chi connectivity index (χ4n) is 3.01. The highest BCUT2D eigenvalue weighted by atomic mass is 28.3. The average Bonchev–Trinajstić information content (AvgIpc) is 2.67. The van der Waals surface area contributed by atoms with Crippen LogP contribution in [0, 0.1) is 0 Å². The zero-order valence-electron chi connectivity index (χ0n) is 16.9. The van der Waals surface area contributed by atoms with Crippen LogP contribution in [0.15, 0.2) is 36.7 Å². The smallest absolute Gasteiger partial charge is 0.103 e. The molecule has 0 aliphatic rings. The molecule has 4 unspecified atom stereocenters. The first kappa shape index (κ1) is 21.0. The van der Waals surface area contributed by atoms with Crippen molar-refractivity contribution in [3.05, 3.63) is 36.7 Å². The Balaban J connectivity index is 2.09. The normalized spacial score (nSPS) is 16.1. The van der Waals surface area contributed by atoms with E-state index in [1.54, 1.807) is 0 Å². The maximum absolute atomic E-state index is 5.76. The Hall–Kier alpha value is -1.35. The van der Waals surface area contributed by atoms with E-state index in [4.69, 9.17) is 9.47 Å². The Morgan fingerprint density at radius 3 is 1.42 bits per heavy atom. The zero-order valence-corrected chi connectivity index (χ0v) is 19.2. The van der Waals surface area contributed by atoms with Crippen LogP contribution in [0.4, 0.5) is 0 Å². The van der Waals surface area contributed by atoms with Crippen molar-refractivity contribution in [2.45, 2.75) is 52.2 Å². The van der Waals surface area contributed by atoms with Gasteiger partial charge in [-0.15, -0.1) is 0 Å². The molecule has 2 heterocycles. The average molecular weight is 389 g/mol. The second-order valence-corrected chi connectivity index (χ2v) is 13.2.